The fraction of sp³-hybridized carbons (Fsp3) is 0.500. The first-order valence-corrected chi connectivity index (χ1v) is 8.98. The number of methoxy groups -OCH3 is 1. The number of aromatic nitrogens is 1. The van der Waals surface area contributed by atoms with Gasteiger partial charge in [-0.25, -0.2) is 4.98 Å². The van der Waals surface area contributed by atoms with Gasteiger partial charge in [0.05, 0.1) is 12.7 Å². The third kappa shape index (κ3) is 4.13. The zero-order chi connectivity index (χ0) is 17.2. The average molecular weight is 347 g/mol. The maximum Gasteiger partial charge on any atom is 0.123 e. The van der Waals surface area contributed by atoms with E-state index in [0.717, 1.165) is 42.4 Å². The topological polar surface area (TPSA) is 48.8 Å². The first-order chi connectivity index (χ1) is 11.5. The van der Waals surface area contributed by atoms with Crippen molar-refractivity contribution in [1.82, 2.24) is 14.8 Å². The van der Waals surface area contributed by atoms with Crippen LogP contribution in [-0.4, -0.2) is 66.3 Å². The van der Waals surface area contributed by atoms with Crippen LogP contribution in [0.15, 0.2) is 30.5 Å². The zero-order valence-corrected chi connectivity index (χ0v) is 15.3. The minimum atomic E-state index is -0.593. The van der Waals surface area contributed by atoms with Crippen molar-refractivity contribution in [3.63, 3.8) is 0 Å². The molecule has 0 radical (unpaired) electrons. The molecule has 1 aromatic carbocycles. The molecule has 1 fully saturated rings. The summed E-state index contributed by atoms with van der Waals surface area (Å²) in [5.74, 6) is 0.845. The molecule has 1 aliphatic rings. The zero-order valence-electron chi connectivity index (χ0n) is 14.5. The Hall–Kier alpha value is -1.47. The van der Waals surface area contributed by atoms with Gasteiger partial charge in [-0.05, 0) is 32.6 Å². The number of β-amino-alcohol motifs (C(OH)–C–C–N with tert-alkyl or cyclic N) is 1. The molecule has 5 nitrogen and oxygen atoms in total. The third-order valence-electron chi connectivity index (χ3n) is 4.27. The summed E-state index contributed by atoms with van der Waals surface area (Å²) in [4.78, 5) is 10.1. The smallest absolute Gasteiger partial charge is 0.123 e. The Kier molecular flexibility index (Phi) is 5.20. The quantitative estimate of drug-likeness (QED) is 0.869. The number of likely N-dealkylation sites (N-methyl/N-ethyl adjacent to an activating group) is 1. The van der Waals surface area contributed by atoms with Crippen LogP contribution >= 0.6 is 11.3 Å². The molecule has 6 heteroatoms. The highest BCUT2D eigenvalue weighted by molar-refractivity contribution is 7.15. The minimum absolute atomic E-state index is 0.593. The van der Waals surface area contributed by atoms with Gasteiger partial charge in [-0.1, -0.05) is 12.1 Å². The van der Waals surface area contributed by atoms with E-state index in [1.807, 2.05) is 38.5 Å². The second-order valence-corrected chi connectivity index (χ2v) is 7.90. The summed E-state index contributed by atoms with van der Waals surface area (Å²) in [7, 11) is 5.68. The number of nitrogens with zero attached hydrogens (tertiary/aromatic N) is 3. The molecule has 0 saturated carbocycles. The molecule has 24 heavy (non-hydrogen) atoms. The fourth-order valence-electron chi connectivity index (χ4n) is 3.28. The average Bonchev–Trinajstić information content (AvgIpc) is 3.14. The second-order valence-electron chi connectivity index (χ2n) is 6.79. The number of rotatable bonds is 6. The van der Waals surface area contributed by atoms with Gasteiger partial charge in [0.15, 0.2) is 0 Å². The van der Waals surface area contributed by atoms with E-state index in [1.165, 1.54) is 4.88 Å². The van der Waals surface area contributed by atoms with Crippen LogP contribution in [0.25, 0.3) is 10.6 Å². The number of aliphatic hydroxyl groups is 1. The Morgan fingerprint density at radius 1 is 1.42 bits per heavy atom. The highest BCUT2D eigenvalue weighted by atomic mass is 32.1. The summed E-state index contributed by atoms with van der Waals surface area (Å²) < 4.78 is 5.28. The molecule has 130 valence electrons. The van der Waals surface area contributed by atoms with Gasteiger partial charge >= 0.3 is 0 Å². The van der Waals surface area contributed by atoms with Gasteiger partial charge in [0.2, 0.25) is 0 Å². The molecule has 2 heterocycles. The van der Waals surface area contributed by atoms with Gasteiger partial charge < -0.3 is 14.7 Å². The lowest BCUT2D eigenvalue weighted by Crippen LogP contribution is -2.42. The molecule has 1 aromatic heterocycles. The Labute approximate surface area is 147 Å². The highest BCUT2D eigenvalue weighted by Gasteiger charge is 2.36. The van der Waals surface area contributed by atoms with E-state index >= 15 is 0 Å². The van der Waals surface area contributed by atoms with E-state index in [9.17, 15) is 5.11 Å². The molecule has 1 aliphatic heterocycles. The van der Waals surface area contributed by atoms with Crippen LogP contribution in [0, 0.1) is 0 Å². The predicted molar refractivity (Wildman–Crippen MR) is 97.5 cm³/mol. The number of likely N-dealkylation sites (tertiary alicyclic amines) is 1. The predicted octanol–water partition coefficient (Wildman–Crippen LogP) is 2.32. The van der Waals surface area contributed by atoms with Gasteiger partial charge in [-0.3, -0.25) is 4.90 Å². The summed E-state index contributed by atoms with van der Waals surface area (Å²) in [6.07, 6.45) is 2.77. The van der Waals surface area contributed by atoms with Gasteiger partial charge in [0.1, 0.15) is 10.8 Å². The molecule has 2 aromatic rings. The summed E-state index contributed by atoms with van der Waals surface area (Å²) in [5.41, 5.74) is 0.486. The first-order valence-electron chi connectivity index (χ1n) is 8.16. The molecule has 3 rings (SSSR count). The van der Waals surface area contributed by atoms with Crippen LogP contribution in [0.2, 0.25) is 0 Å². The van der Waals surface area contributed by atoms with Crippen molar-refractivity contribution in [2.45, 2.75) is 18.6 Å². The van der Waals surface area contributed by atoms with E-state index in [0.29, 0.717) is 6.54 Å². The third-order valence-corrected chi connectivity index (χ3v) is 5.30. The highest BCUT2D eigenvalue weighted by Crippen LogP contribution is 2.30. The summed E-state index contributed by atoms with van der Waals surface area (Å²) in [6.45, 7) is 3.20. The normalized spacial score (nSPS) is 21.5. The molecule has 1 saturated heterocycles. The standard InChI is InChI=1S/C18H25N3O2S/c1-20(2)12-18(22)7-8-21(13-18)11-16-10-19-17(24-16)14-5-4-6-15(9-14)23-3/h4-6,9-10,22H,7-8,11-13H2,1-3H3/t18-/m1/s1. The van der Waals surface area contributed by atoms with Crippen LogP contribution in [0.1, 0.15) is 11.3 Å². The van der Waals surface area contributed by atoms with Crippen LogP contribution in [0.5, 0.6) is 5.75 Å². The van der Waals surface area contributed by atoms with Crippen molar-refractivity contribution in [3.05, 3.63) is 35.3 Å². The maximum absolute atomic E-state index is 10.6. The number of benzene rings is 1. The SMILES string of the molecule is COc1cccc(-c2ncc(CN3CC[C@@](O)(CN(C)C)C3)s2)c1. The summed E-state index contributed by atoms with van der Waals surface area (Å²) in [5, 5.41) is 11.6. The van der Waals surface area contributed by atoms with Crippen molar-refractivity contribution < 1.29 is 9.84 Å². The van der Waals surface area contributed by atoms with Gasteiger partial charge in [-0.2, -0.15) is 0 Å². The van der Waals surface area contributed by atoms with E-state index in [-0.39, 0.29) is 0 Å². The molecule has 0 unspecified atom stereocenters. The van der Waals surface area contributed by atoms with E-state index in [4.69, 9.17) is 4.74 Å². The molecule has 0 amide bonds. The van der Waals surface area contributed by atoms with E-state index < -0.39 is 5.60 Å². The lowest BCUT2D eigenvalue weighted by Gasteiger charge is -2.26. The van der Waals surface area contributed by atoms with Crippen molar-refractivity contribution in [2.75, 3.05) is 40.8 Å². The first kappa shape index (κ1) is 17.4. The Balaban J connectivity index is 1.64. The molecular weight excluding hydrogens is 322 g/mol. The summed E-state index contributed by atoms with van der Waals surface area (Å²) in [6, 6.07) is 7.98. The second kappa shape index (κ2) is 7.19. The lowest BCUT2D eigenvalue weighted by molar-refractivity contribution is 0.0241. The molecule has 0 bridgehead atoms. The minimum Gasteiger partial charge on any atom is -0.497 e. The number of ether oxygens (including phenoxy) is 1. The lowest BCUT2D eigenvalue weighted by atomic mass is 10.0. The largest absolute Gasteiger partial charge is 0.497 e. The van der Waals surface area contributed by atoms with Gasteiger partial charge in [-0.15, -0.1) is 11.3 Å². The van der Waals surface area contributed by atoms with Crippen LogP contribution in [0.3, 0.4) is 0 Å². The Bertz CT molecular complexity index is 688. The van der Waals surface area contributed by atoms with Crippen molar-refractivity contribution in [1.29, 1.82) is 0 Å². The fourth-order valence-corrected chi connectivity index (χ4v) is 4.23. The maximum atomic E-state index is 10.6. The number of thiazole rings is 1. The van der Waals surface area contributed by atoms with E-state index in [1.54, 1.807) is 18.4 Å². The van der Waals surface area contributed by atoms with Crippen LogP contribution < -0.4 is 4.74 Å². The van der Waals surface area contributed by atoms with Gasteiger partial charge in [0.25, 0.3) is 0 Å². The molecule has 1 N–H and O–H groups in total. The van der Waals surface area contributed by atoms with E-state index in [2.05, 4.69) is 20.9 Å². The molecule has 0 aliphatic carbocycles. The molecular formula is C18H25N3O2S. The van der Waals surface area contributed by atoms with Crippen molar-refractivity contribution in [3.8, 4) is 16.3 Å². The van der Waals surface area contributed by atoms with Crippen LogP contribution in [0.4, 0.5) is 0 Å². The Morgan fingerprint density at radius 3 is 3.00 bits per heavy atom. The summed E-state index contributed by atoms with van der Waals surface area (Å²) >= 11 is 1.71. The van der Waals surface area contributed by atoms with Crippen molar-refractivity contribution in [2.24, 2.45) is 0 Å². The van der Waals surface area contributed by atoms with Gasteiger partial charge in [0, 0.05) is 42.8 Å². The molecule has 1 atom stereocenters. The number of hydrogen-bond acceptors (Lipinski definition) is 6. The Morgan fingerprint density at radius 2 is 2.25 bits per heavy atom. The molecule has 0 spiro atoms. The number of hydrogen-bond donors (Lipinski definition) is 1. The van der Waals surface area contributed by atoms with Crippen molar-refractivity contribution >= 4 is 11.3 Å². The monoisotopic (exact) mass is 347 g/mol. The van der Waals surface area contributed by atoms with Crippen LogP contribution in [-0.2, 0) is 6.54 Å².